The van der Waals surface area contributed by atoms with Gasteiger partial charge >= 0.3 is 18.4 Å². The van der Waals surface area contributed by atoms with Crippen LogP contribution in [0.1, 0.15) is 99.4 Å². The number of hydrogen-bond donors (Lipinski definition) is 4. The first-order valence-electron chi connectivity index (χ1n) is 11.5. The summed E-state index contributed by atoms with van der Waals surface area (Å²) < 4.78 is 28.5. The van der Waals surface area contributed by atoms with E-state index in [0.717, 1.165) is 0 Å². The Morgan fingerprint density at radius 1 is 0.610 bits per heavy atom. The van der Waals surface area contributed by atoms with Crippen LogP contribution in [0.5, 0.6) is 0 Å². The van der Waals surface area contributed by atoms with E-state index in [1.807, 2.05) is 0 Å². The molecule has 0 rings (SSSR count). The number of nitrogens with one attached hydrogen (secondary N) is 1. The van der Waals surface area contributed by atoms with Crippen LogP contribution < -0.4 is 11.1 Å². The van der Waals surface area contributed by atoms with Crippen molar-refractivity contribution in [1.29, 1.82) is 0 Å². The zero-order valence-electron chi connectivity index (χ0n) is 23.3. The first-order valence-corrected chi connectivity index (χ1v) is 11.5. The van der Waals surface area contributed by atoms with E-state index in [-0.39, 0.29) is 57.0 Å². The highest BCUT2D eigenvalue weighted by Crippen LogP contribution is 2.11. The Kier molecular flexibility index (Phi) is 46.1. The summed E-state index contributed by atoms with van der Waals surface area (Å²) >= 11 is 0. The van der Waals surface area contributed by atoms with Gasteiger partial charge in [0.05, 0.1) is 39.6 Å². The number of carbonyl (C=O) groups excluding carboxylic acids is 3. The second-order valence-electron chi connectivity index (χ2n) is 9.92. The fraction of sp³-hybridized carbons (Fsp3) is 0.893. The van der Waals surface area contributed by atoms with Crippen LogP contribution in [-0.4, -0.2) is 98.2 Å². The van der Waals surface area contributed by atoms with Crippen molar-refractivity contribution in [2.24, 2.45) is 5.73 Å². The number of rotatable bonds is 9. The molecule has 0 spiro atoms. The van der Waals surface area contributed by atoms with E-state index >= 15 is 0 Å². The van der Waals surface area contributed by atoms with Crippen LogP contribution in [-0.2, 0) is 28.4 Å². The Bertz CT molecular complexity index is 553. The minimum absolute atomic E-state index is 0. The van der Waals surface area contributed by atoms with Crippen molar-refractivity contribution in [3.63, 3.8) is 0 Å². The molecule has 256 valence electrons. The summed E-state index contributed by atoms with van der Waals surface area (Å²) in [5, 5.41) is 19.0. The number of ether oxygens (including phenoxy) is 6. The Morgan fingerprint density at radius 2 is 0.951 bits per heavy atom. The number of nitrogens with two attached hydrogens (primary N) is 1. The molecule has 13 nitrogen and oxygen atoms in total. The van der Waals surface area contributed by atoms with Crippen molar-refractivity contribution in [2.75, 3.05) is 52.7 Å². The molecule has 13 heteroatoms. The van der Waals surface area contributed by atoms with Gasteiger partial charge in [0.2, 0.25) is 0 Å². The molecule has 0 saturated heterocycles. The third kappa shape index (κ3) is 62.7. The SMILES string of the molecule is C.C.C.C.C.CC(C)(C)OC(=O)NCCOCCO.CC(C)(C)OC(=O)OC(=O)OC(C)(C)C.NCCOCCO. The standard InChI is InChI=1S/C10H18O5.C9H19NO4.C4H11NO2.5CH4/c1-9(2,3)14-7(11)13-8(12)15-10(4,5)6;1-9(2,3)14-8(12)10-4-6-13-7-5-11;5-1-3-7-4-2-6;;;;;/h1-6H3;11H,4-7H2,1-3H3,(H,10,12);6H,1-5H2;5*1H4. The fourth-order valence-corrected chi connectivity index (χ4v) is 1.57. The molecule has 41 heavy (non-hydrogen) atoms. The van der Waals surface area contributed by atoms with Crippen molar-refractivity contribution < 1.29 is 53.0 Å². The molecule has 0 fully saturated rings. The maximum atomic E-state index is 11.1. The Hall–Kier alpha value is -2.19. The number of hydrogen-bond acceptors (Lipinski definition) is 12. The number of amides is 1. The van der Waals surface area contributed by atoms with Crippen molar-refractivity contribution in [3.8, 4) is 0 Å². The van der Waals surface area contributed by atoms with Gasteiger partial charge in [0.25, 0.3) is 0 Å². The molecule has 0 aromatic carbocycles. The quantitative estimate of drug-likeness (QED) is 0.111. The molecule has 0 atom stereocenters. The molecule has 0 aliphatic rings. The topological polar surface area (TPSA) is 185 Å². The maximum Gasteiger partial charge on any atom is 0.519 e. The lowest BCUT2D eigenvalue weighted by Gasteiger charge is -2.20. The smallest absolute Gasteiger partial charge is 0.444 e. The maximum absolute atomic E-state index is 11.1. The van der Waals surface area contributed by atoms with E-state index in [9.17, 15) is 14.4 Å². The summed E-state index contributed by atoms with van der Waals surface area (Å²) in [5.74, 6) is 0. The first kappa shape index (κ1) is 58.4. The van der Waals surface area contributed by atoms with Crippen molar-refractivity contribution in [3.05, 3.63) is 0 Å². The van der Waals surface area contributed by atoms with Gasteiger partial charge in [0, 0.05) is 13.1 Å². The van der Waals surface area contributed by atoms with Gasteiger partial charge in [-0.2, -0.15) is 0 Å². The molecule has 0 radical (unpaired) electrons. The lowest BCUT2D eigenvalue weighted by molar-refractivity contribution is -0.0294. The molecule has 0 saturated carbocycles. The number of carbonyl (C=O) groups is 3. The Balaban J connectivity index is -0.0000000658. The van der Waals surface area contributed by atoms with E-state index in [0.29, 0.717) is 32.9 Å². The Morgan fingerprint density at radius 3 is 1.24 bits per heavy atom. The summed E-state index contributed by atoms with van der Waals surface area (Å²) in [6.45, 7) is 18.0. The second-order valence-corrected chi connectivity index (χ2v) is 9.92. The lowest BCUT2D eigenvalue weighted by Crippen LogP contribution is -2.34. The fourth-order valence-electron chi connectivity index (χ4n) is 1.57. The zero-order valence-corrected chi connectivity index (χ0v) is 23.3. The Labute approximate surface area is 251 Å². The molecule has 0 aromatic heterocycles. The molecular formula is C28H68N2O11. The minimum atomic E-state index is -1.06. The third-order valence-corrected chi connectivity index (χ3v) is 2.59. The van der Waals surface area contributed by atoms with Crippen LogP contribution in [0.25, 0.3) is 0 Å². The predicted octanol–water partition coefficient (Wildman–Crippen LogP) is 5.53. The number of alkyl carbamates (subject to hydrolysis) is 1. The van der Waals surface area contributed by atoms with Crippen LogP contribution in [0.15, 0.2) is 0 Å². The van der Waals surface area contributed by atoms with Gasteiger partial charge in [-0.1, -0.05) is 37.1 Å². The summed E-state index contributed by atoms with van der Waals surface area (Å²) in [4.78, 5) is 33.1. The van der Waals surface area contributed by atoms with Gasteiger partial charge in [-0.15, -0.1) is 0 Å². The van der Waals surface area contributed by atoms with Gasteiger partial charge in [0.15, 0.2) is 0 Å². The molecule has 0 aromatic rings. The molecule has 0 heterocycles. The minimum Gasteiger partial charge on any atom is -0.444 e. The normalized spacial score (nSPS) is 9.76. The lowest BCUT2D eigenvalue weighted by atomic mass is 10.2. The van der Waals surface area contributed by atoms with Gasteiger partial charge in [-0.05, 0) is 62.3 Å². The molecular weight excluding hydrogens is 540 g/mol. The summed E-state index contributed by atoms with van der Waals surface area (Å²) in [6.07, 6.45) is -2.57. The molecule has 1 amide bonds. The summed E-state index contributed by atoms with van der Waals surface area (Å²) in [6, 6.07) is 0. The highest BCUT2D eigenvalue weighted by atomic mass is 16.8. The van der Waals surface area contributed by atoms with Crippen molar-refractivity contribution in [1.82, 2.24) is 5.32 Å². The van der Waals surface area contributed by atoms with E-state index in [1.165, 1.54) is 0 Å². The van der Waals surface area contributed by atoms with E-state index < -0.39 is 35.2 Å². The predicted molar refractivity (Wildman–Crippen MR) is 166 cm³/mol. The zero-order chi connectivity index (χ0) is 28.8. The van der Waals surface area contributed by atoms with Crippen LogP contribution in [0.3, 0.4) is 0 Å². The second kappa shape index (κ2) is 32.3. The average Bonchev–Trinajstić information content (AvgIpc) is 2.64. The first-order chi connectivity index (χ1) is 16.4. The van der Waals surface area contributed by atoms with Gasteiger partial charge in [0.1, 0.15) is 16.8 Å². The van der Waals surface area contributed by atoms with Crippen molar-refractivity contribution >= 4 is 18.4 Å². The average molecular weight is 609 g/mol. The van der Waals surface area contributed by atoms with Crippen LogP contribution in [0.4, 0.5) is 14.4 Å². The largest absolute Gasteiger partial charge is 0.519 e. The van der Waals surface area contributed by atoms with E-state index in [2.05, 4.69) is 10.1 Å². The van der Waals surface area contributed by atoms with Crippen LogP contribution in [0, 0.1) is 0 Å². The van der Waals surface area contributed by atoms with E-state index in [4.69, 9.17) is 39.6 Å². The van der Waals surface area contributed by atoms with Crippen molar-refractivity contribution in [2.45, 2.75) is 116 Å². The van der Waals surface area contributed by atoms with Crippen LogP contribution in [0.2, 0.25) is 0 Å². The summed E-state index contributed by atoms with van der Waals surface area (Å²) in [5.41, 5.74) is 3.20. The summed E-state index contributed by atoms with van der Waals surface area (Å²) in [7, 11) is 0. The van der Waals surface area contributed by atoms with Gasteiger partial charge in [-0.25, -0.2) is 14.4 Å². The number of aliphatic hydroxyl groups excluding tert-OH is 2. The molecule has 5 N–H and O–H groups in total. The molecule has 0 bridgehead atoms. The highest BCUT2D eigenvalue weighted by molar-refractivity contribution is 5.77. The third-order valence-electron chi connectivity index (χ3n) is 2.59. The molecule has 0 unspecified atom stereocenters. The number of aliphatic hydroxyl groups is 2. The van der Waals surface area contributed by atoms with Gasteiger partial charge in [-0.3, -0.25) is 0 Å². The van der Waals surface area contributed by atoms with Crippen LogP contribution >= 0.6 is 0 Å². The monoisotopic (exact) mass is 608 g/mol. The molecule has 0 aliphatic carbocycles. The van der Waals surface area contributed by atoms with Gasteiger partial charge < -0.3 is 49.7 Å². The van der Waals surface area contributed by atoms with E-state index in [1.54, 1.807) is 62.3 Å². The highest BCUT2D eigenvalue weighted by Gasteiger charge is 2.24. The molecule has 0 aliphatic heterocycles.